The van der Waals surface area contributed by atoms with Gasteiger partial charge in [-0.3, -0.25) is 4.57 Å². The summed E-state index contributed by atoms with van der Waals surface area (Å²) in [6, 6.07) is 14.2. The zero-order chi connectivity index (χ0) is 13.4. The molecule has 0 spiro atoms. The summed E-state index contributed by atoms with van der Waals surface area (Å²) in [7, 11) is 4.06. The quantitative estimate of drug-likeness (QED) is 0.713. The Kier molecular flexibility index (Phi) is 2.63. The van der Waals surface area contributed by atoms with Crippen LogP contribution < -0.4 is 10.6 Å². The molecule has 0 aliphatic heterocycles. The first-order valence-corrected chi connectivity index (χ1v) is 6.15. The highest BCUT2D eigenvalue weighted by atomic mass is 15.1. The van der Waals surface area contributed by atoms with Gasteiger partial charge in [0.1, 0.15) is 6.33 Å². The van der Waals surface area contributed by atoms with E-state index < -0.39 is 0 Å². The monoisotopic (exact) mass is 252 g/mol. The molecule has 0 bridgehead atoms. The fourth-order valence-corrected chi connectivity index (χ4v) is 2.15. The number of nitrogens with two attached hydrogens (primary N) is 1. The summed E-state index contributed by atoms with van der Waals surface area (Å²) < 4.78 is 2.06. The molecule has 0 radical (unpaired) electrons. The lowest BCUT2D eigenvalue weighted by molar-refractivity contribution is 1.08. The summed E-state index contributed by atoms with van der Waals surface area (Å²) in [6.45, 7) is 0. The van der Waals surface area contributed by atoms with Gasteiger partial charge >= 0.3 is 0 Å². The fourth-order valence-electron chi connectivity index (χ4n) is 2.15. The van der Waals surface area contributed by atoms with Gasteiger partial charge in [-0.15, -0.1) is 0 Å². The highest BCUT2D eigenvalue weighted by Crippen LogP contribution is 2.21. The van der Waals surface area contributed by atoms with Crippen LogP contribution >= 0.6 is 0 Å². The number of benzene rings is 2. The van der Waals surface area contributed by atoms with Crippen molar-refractivity contribution in [1.29, 1.82) is 0 Å². The van der Waals surface area contributed by atoms with Crippen molar-refractivity contribution in [3.05, 3.63) is 48.8 Å². The van der Waals surface area contributed by atoms with Crippen molar-refractivity contribution in [2.24, 2.45) is 0 Å². The summed E-state index contributed by atoms with van der Waals surface area (Å²) in [5, 5.41) is 0. The van der Waals surface area contributed by atoms with Gasteiger partial charge in [0, 0.05) is 31.2 Å². The van der Waals surface area contributed by atoms with Crippen LogP contribution in [0.4, 0.5) is 11.4 Å². The van der Waals surface area contributed by atoms with E-state index in [-0.39, 0.29) is 0 Å². The summed E-state index contributed by atoms with van der Waals surface area (Å²) >= 11 is 0. The average Bonchev–Trinajstić information content (AvgIpc) is 2.81. The zero-order valence-corrected chi connectivity index (χ0v) is 11.0. The van der Waals surface area contributed by atoms with Crippen molar-refractivity contribution in [2.45, 2.75) is 0 Å². The predicted octanol–water partition coefficient (Wildman–Crippen LogP) is 2.67. The van der Waals surface area contributed by atoms with Crippen LogP contribution in [0.5, 0.6) is 0 Å². The molecule has 0 unspecified atom stereocenters. The number of nitrogens with zero attached hydrogens (tertiary/aromatic N) is 3. The molecular weight excluding hydrogens is 236 g/mol. The normalized spacial score (nSPS) is 10.8. The van der Waals surface area contributed by atoms with Crippen LogP contribution in [0.2, 0.25) is 0 Å². The van der Waals surface area contributed by atoms with Crippen LogP contribution in [0.25, 0.3) is 16.7 Å². The molecule has 3 aromatic rings. The van der Waals surface area contributed by atoms with Gasteiger partial charge in [-0.2, -0.15) is 0 Å². The van der Waals surface area contributed by atoms with Gasteiger partial charge < -0.3 is 10.6 Å². The average molecular weight is 252 g/mol. The highest BCUT2D eigenvalue weighted by molar-refractivity contribution is 5.80. The van der Waals surface area contributed by atoms with Crippen LogP contribution in [0.15, 0.2) is 48.8 Å². The SMILES string of the molecule is CN(C)c1ccc(-n2cnc3cc(N)ccc32)cc1. The van der Waals surface area contributed by atoms with Crippen molar-refractivity contribution >= 4 is 22.4 Å². The van der Waals surface area contributed by atoms with E-state index in [1.807, 2.05) is 38.6 Å². The van der Waals surface area contributed by atoms with Crippen LogP contribution in [-0.4, -0.2) is 23.6 Å². The van der Waals surface area contributed by atoms with Crippen molar-refractivity contribution in [3.63, 3.8) is 0 Å². The molecule has 4 nitrogen and oxygen atoms in total. The first-order chi connectivity index (χ1) is 9.15. The number of hydrogen-bond donors (Lipinski definition) is 1. The molecule has 2 N–H and O–H groups in total. The molecule has 3 rings (SSSR count). The maximum absolute atomic E-state index is 5.77. The van der Waals surface area contributed by atoms with Crippen molar-refractivity contribution in [3.8, 4) is 5.69 Å². The first kappa shape index (κ1) is 11.6. The second-order valence-corrected chi connectivity index (χ2v) is 4.77. The number of rotatable bonds is 2. The first-order valence-electron chi connectivity index (χ1n) is 6.15. The molecule has 0 aliphatic rings. The Morgan fingerprint density at radius 2 is 1.79 bits per heavy atom. The Balaban J connectivity index is 2.09. The molecule has 0 aliphatic carbocycles. The second-order valence-electron chi connectivity index (χ2n) is 4.77. The smallest absolute Gasteiger partial charge is 0.100 e. The van der Waals surface area contributed by atoms with Crippen molar-refractivity contribution in [1.82, 2.24) is 9.55 Å². The molecule has 1 aromatic heterocycles. The van der Waals surface area contributed by atoms with E-state index in [1.54, 1.807) is 0 Å². The number of imidazole rings is 1. The molecule has 96 valence electrons. The lowest BCUT2D eigenvalue weighted by Gasteiger charge is -2.13. The summed E-state index contributed by atoms with van der Waals surface area (Å²) in [4.78, 5) is 6.47. The fraction of sp³-hybridized carbons (Fsp3) is 0.133. The minimum absolute atomic E-state index is 0.737. The zero-order valence-electron chi connectivity index (χ0n) is 11.0. The van der Waals surface area contributed by atoms with E-state index in [0.29, 0.717) is 0 Å². The van der Waals surface area contributed by atoms with E-state index in [0.717, 1.165) is 22.4 Å². The Bertz CT molecular complexity index is 711. The van der Waals surface area contributed by atoms with Gasteiger partial charge in [-0.25, -0.2) is 4.98 Å². The summed E-state index contributed by atoms with van der Waals surface area (Å²) in [6.07, 6.45) is 1.83. The molecular formula is C15H16N4. The molecule has 0 fully saturated rings. The third-order valence-electron chi connectivity index (χ3n) is 3.22. The third kappa shape index (κ3) is 2.01. The Morgan fingerprint density at radius 3 is 2.47 bits per heavy atom. The number of nitrogen functional groups attached to an aromatic ring is 1. The van der Waals surface area contributed by atoms with Gasteiger partial charge in [0.05, 0.1) is 11.0 Å². The molecule has 0 saturated carbocycles. The molecule has 4 heteroatoms. The summed E-state index contributed by atoms with van der Waals surface area (Å²) in [5.41, 5.74) is 10.8. The van der Waals surface area contributed by atoms with Gasteiger partial charge in [-0.1, -0.05) is 0 Å². The van der Waals surface area contributed by atoms with Gasteiger partial charge in [0.15, 0.2) is 0 Å². The molecule has 19 heavy (non-hydrogen) atoms. The summed E-state index contributed by atoms with van der Waals surface area (Å²) in [5.74, 6) is 0. The predicted molar refractivity (Wildman–Crippen MR) is 79.8 cm³/mol. The van der Waals surface area contributed by atoms with E-state index in [9.17, 15) is 0 Å². The van der Waals surface area contributed by atoms with E-state index >= 15 is 0 Å². The standard InChI is InChI=1S/C15H16N4/c1-18(2)12-4-6-13(7-5-12)19-10-17-14-9-11(16)3-8-15(14)19/h3-10H,16H2,1-2H3. The molecule has 1 heterocycles. The molecule has 2 aromatic carbocycles. The number of anilines is 2. The van der Waals surface area contributed by atoms with Crippen molar-refractivity contribution in [2.75, 3.05) is 24.7 Å². The number of aromatic nitrogens is 2. The Labute approximate surface area is 112 Å². The number of hydrogen-bond acceptors (Lipinski definition) is 3. The maximum atomic E-state index is 5.77. The Hall–Kier alpha value is -2.49. The van der Waals surface area contributed by atoms with E-state index in [2.05, 4.69) is 38.7 Å². The topological polar surface area (TPSA) is 47.1 Å². The molecule has 0 saturated heterocycles. The lowest BCUT2D eigenvalue weighted by atomic mass is 10.2. The van der Waals surface area contributed by atoms with Crippen LogP contribution in [-0.2, 0) is 0 Å². The van der Waals surface area contributed by atoms with Gasteiger partial charge in [0.2, 0.25) is 0 Å². The minimum Gasteiger partial charge on any atom is -0.399 e. The van der Waals surface area contributed by atoms with Gasteiger partial charge in [0.25, 0.3) is 0 Å². The number of fused-ring (bicyclic) bond motifs is 1. The molecule has 0 amide bonds. The largest absolute Gasteiger partial charge is 0.399 e. The minimum atomic E-state index is 0.737. The van der Waals surface area contributed by atoms with E-state index in [1.165, 1.54) is 5.69 Å². The maximum Gasteiger partial charge on any atom is 0.100 e. The van der Waals surface area contributed by atoms with Crippen LogP contribution in [0.1, 0.15) is 0 Å². The third-order valence-corrected chi connectivity index (χ3v) is 3.22. The van der Waals surface area contributed by atoms with Crippen molar-refractivity contribution < 1.29 is 0 Å². The van der Waals surface area contributed by atoms with Crippen LogP contribution in [0, 0.1) is 0 Å². The van der Waals surface area contributed by atoms with Gasteiger partial charge in [-0.05, 0) is 42.5 Å². The second kappa shape index (κ2) is 4.31. The Morgan fingerprint density at radius 1 is 1.05 bits per heavy atom. The lowest BCUT2D eigenvalue weighted by Crippen LogP contribution is -2.08. The highest BCUT2D eigenvalue weighted by Gasteiger charge is 2.05. The molecule has 0 atom stereocenters. The van der Waals surface area contributed by atoms with Crippen LogP contribution in [0.3, 0.4) is 0 Å². The van der Waals surface area contributed by atoms with E-state index in [4.69, 9.17) is 5.73 Å².